The molecular weight excluding hydrogens is 120 g/mol. The van der Waals surface area contributed by atoms with Crippen LogP contribution in [0.1, 0.15) is 26.2 Å². The molecule has 0 aromatic carbocycles. The molecule has 10 heavy (non-hydrogen) atoms. The number of hydrogen-bond donors (Lipinski definition) is 0. The monoisotopic (exact) mass is 135 g/mol. The Hall–Kier alpha value is -0.780. The summed E-state index contributed by atoms with van der Waals surface area (Å²) in [7, 11) is 0. The third kappa shape index (κ3) is 7.22. The second-order valence-electron chi connectivity index (χ2n) is 2.15. The molecule has 0 saturated carbocycles. The normalized spacial score (nSPS) is 11.3. The van der Waals surface area contributed by atoms with E-state index in [-0.39, 0.29) is 0 Å². The van der Waals surface area contributed by atoms with E-state index < -0.39 is 0 Å². The molecular formula is C10H15. The van der Waals surface area contributed by atoms with Gasteiger partial charge in [-0.3, -0.25) is 0 Å². The second-order valence-corrected chi connectivity index (χ2v) is 2.15. The molecule has 0 heteroatoms. The first-order valence-electron chi connectivity index (χ1n) is 3.78. The van der Waals surface area contributed by atoms with E-state index in [9.17, 15) is 0 Å². The van der Waals surface area contributed by atoms with Crippen molar-refractivity contribution < 1.29 is 0 Å². The van der Waals surface area contributed by atoms with Gasteiger partial charge in [0.15, 0.2) is 0 Å². The van der Waals surface area contributed by atoms with E-state index in [1.807, 2.05) is 18.2 Å². The first-order chi connectivity index (χ1) is 4.91. The highest BCUT2D eigenvalue weighted by atomic mass is 13.8. The lowest BCUT2D eigenvalue weighted by Crippen LogP contribution is -1.64. The van der Waals surface area contributed by atoms with E-state index >= 15 is 0 Å². The molecule has 0 heterocycles. The van der Waals surface area contributed by atoms with Gasteiger partial charge in [0.25, 0.3) is 0 Å². The Balaban J connectivity index is 3.19. The van der Waals surface area contributed by atoms with Gasteiger partial charge in [0, 0.05) is 0 Å². The molecule has 0 unspecified atom stereocenters. The number of rotatable bonds is 5. The molecule has 0 aliphatic rings. The average molecular weight is 135 g/mol. The second kappa shape index (κ2) is 8.22. The number of allylic oxidation sites excluding steroid dienone is 5. The number of hydrogen-bond acceptors (Lipinski definition) is 0. The highest BCUT2D eigenvalue weighted by molar-refractivity contribution is 5.07. The Morgan fingerprint density at radius 2 is 2.00 bits per heavy atom. The molecule has 0 rings (SSSR count). The van der Waals surface area contributed by atoms with Gasteiger partial charge in [-0.05, 0) is 6.42 Å². The lowest BCUT2D eigenvalue weighted by molar-refractivity contribution is 0.815. The van der Waals surface area contributed by atoms with Crippen LogP contribution in [-0.4, -0.2) is 0 Å². The van der Waals surface area contributed by atoms with Gasteiger partial charge >= 0.3 is 0 Å². The van der Waals surface area contributed by atoms with Crippen LogP contribution >= 0.6 is 0 Å². The number of unbranched alkanes of at least 4 members (excludes halogenated alkanes) is 2. The van der Waals surface area contributed by atoms with Crippen LogP contribution in [0.4, 0.5) is 0 Å². The minimum atomic E-state index is 1.17. The van der Waals surface area contributed by atoms with Crippen molar-refractivity contribution in [2.75, 3.05) is 0 Å². The standard InChI is InChI=1S/C10H15/c1-3-5-7-9-10-8-6-4-2/h1,3,5,7,9-10H,4,6,8H2,2H3/b3-1?,7-5+,10-9?. The lowest BCUT2D eigenvalue weighted by atomic mass is 10.2. The van der Waals surface area contributed by atoms with Gasteiger partial charge in [-0.15, -0.1) is 0 Å². The smallest absolute Gasteiger partial charge is 0.0348 e. The van der Waals surface area contributed by atoms with Crippen LogP contribution in [0.15, 0.2) is 30.4 Å². The van der Waals surface area contributed by atoms with E-state index in [1.165, 1.54) is 25.3 Å². The molecule has 0 saturated heterocycles. The SMILES string of the molecule is [CH]=C/C=C/C=CCCCC. The Morgan fingerprint density at radius 1 is 1.20 bits per heavy atom. The van der Waals surface area contributed by atoms with Crippen LogP contribution in [0.5, 0.6) is 0 Å². The molecule has 0 aliphatic carbocycles. The van der Waals surface area contributed by atoms with E-state index in [2.05, 4.69) is 13.0 Å². The van der Waals surface area contributed by atoms with Gasteiger partial charge in [0.2, 0.25) is 0 Å². The zero-order valence-electron chi connectivity index (χ0n) is 6.59. The topological polar surface area (TPSA) is 0 Å². The summed E-state index contributed by atoms with van der Waals surface area (Å²) in [6, 6.07) is 0. The molecule has 0 aliphatic heterocycles. The third-order valence-corrected chi connectivity index (χ3v) is 1.19. The van der Waals surface area contributed by atoms with Crippen LogP contribution in [0, 0.1) is 6.58 Å². The minimum Gasteiger partial charge on any atom is -0.0845 e. The molecule has 0 aromatic rings. The van der Waals surface area contributed by atoms with E-state index in [0.717, 1.165) is 0 Å². The zero-order valence-corrected chi connectivity index (χ0v) is 6.59. The van der Waals surface area contributed by atoms with Crippen LogP contribution in [-0.2, 0) is 0 Å². The van der Waals surface area contributed by atoms with Gasteiger partial charge in [-0.1, -0.05) is 56.7 Å². The van der Waals surface area contributed by atoms with Crippen LogP contribution in [0.2, 0.25) is 0 Å². The highest BCUT2D eigenvalue weighted by Gasteiger charge is 1.74. The molecule has 55 valence electrons. The summed E-state index contributed by atoms with van der Waals surface area (Å²) in [5.74, 6) is 0. The summed E-state index contributed by atoms with van der Waals surface area (Å²) in [4.78, 5) is 0. The van der Waals surface area contributed by atoms with Crippen LogP contribution < -0.4 is 0 Å². The fourth-order valence-electron chi connectivity index (χ4n) is 0.625. The maximum Gasteiger partial charge on any atom is -0.0348 e. The molecule has 0 atom stereocenters. The van der Waals surface area contributed by atoms with Crippen molar-refractivity contribution in [2.45, 2.75) is 26.2 Å². The molecule has 0 spiro atoms. The molecule has 0 fully saturated rings. The van der Waals surface area contributed by atoms with E-state index in [4.69, 9.17) is 6.58 Å². The van der Waals surface area contributed by atoms with Gasteiger partial charge < -0.3 is 0 Å². The maximum atomic E-state index is 5.12. The maximum absolute atomic E-state index is 5.12. The molecule has 0 bridgehead atoms. The molecule has 0 N–H and O–H groups in total. The van der Waals surface area contributed by atoms with Crippen molar-refractivity contribution in [3.05, 3.63) is 37.0 Å². The first-order valence-corrected chi connectivity index (χ1v) is 3.78. The van der Waals surface area contributed by atoms with Crippen molar-refractivity contribution in [3.63, 3.8) is 0 Å². The summed E-state index contributed by atoms with van der Waals surface area (Å²) in [6.45, 7) is 7.32. The van der Waals surface area contributed by atoms with Crippen molar-refractivity contribution in [1.82, 2.24) is 0 Å². The van der Waals surface area contributed by atoms with E-state index in [0.29, 0.717) is 0 Å². The zero-order chi connectivity index (χ0) is 7.66. The quantitative estimate of drug-likeness (QED) is 0.401. The summed E-state index contributed by atoms with van der Waals surface area (Å²) >= 11 is 0. The van der Waals surface area contributed by atoms with Crippen LogP contribution in [0.3, 0.4) is 0 Å². The largest absolute Gasteiger partial charge is 0.0845 e. The predicted octanol–water partition coefficient (Wildman–Crippen LogP) is 3.28. The average Bonchev–Trinajstić information content (AvgIpc) is 1.97. The third-order valence-electron chi connectivity index (χ3n) is 1.19. The molecule has 0 nitrogen and oxygen atoms in total. The van der Waals surface area contributed by atoms with Gasteiger partial charge in [0.1, 0.15) is 0 Å². The van der Waals surface area contributed by atoms with Crippen molar-refractivity contribution in [3.8, 4) is 0 Å². The fraction of sp³-hybridized carbons (Fsp3) is 0.400. The lowest BCUT2D eigenvalue weighted by Gasteiger charge is -1.84. The minimum absolute atomic E-state index is 1.17. The Morgan fingerprint density at radius 3 is 2.60 bits per heavy atom. The Bertz CT molecular complexity index is 118. The highest BCUT2D eigenvalue weighted by Crippen LogP contribution is 1.94. The van der Waals surface area contributed by atoms with Gasteiger partial charge in [-0.2, -0.15) is 0 Å². The molecule has 0 aromatic heterocycles. The van der Waals surface area contributed by atoms with Crippen molar-refractivity contribution in [1.29, 1.82) is 0 Å². The predicted molar refractivity (Wildman–Crippen MR) is 46.7 cm³/mol. The first kappa shape index (κ1) is 9.22. The summed E-state index contributed by atoms with van der Waals surface area (Å²) in [6.07, 6.45) is 13.2. The summed E-state index contributed by atoms with van der Waals surface area (Å²) in [5, 5.41) is 0. The fourth-order valence-corrected chi connectivity index (χ4v) is 0.625. The van der Waals surface area contributed by atoms with Crippen molar-refractivity contribution >= 4 is 0 Å². The van der Waals surface area contributed by atoms with Crippen LogP contribution in [0.25, 0.3) is 0 Å². The molecule has 0 amide bonds. The molecule has 1 radical (unpaired) electrons. The summed E-state index contributed by atoms with van der Waals surface area (Å²) < 4.78 is 0. The van der Waals surface area contributed by atoms with E-state index in [1.54, 1.807) is 0 Å². The Kier molecular flexibility index (Phi) is 7.58. The Labute approximate surface area is 64.0 Å². The van der Waals surface area contributed by atoms with Gasteiger partial charge in [0.05, 0.1) is 0 Å². The van der Waals surface area contributed by atoms with Gasteiger partial charge in [-0.25, -0.2) is 0 Å². The van der Waals surface area contributed by atoms with Crippen molar-refractivity contribution in [2.24, 2.45) is 0 Å². The summed E-state index contributed by atoms with van der Waals surface area (Å²) in [5.41, 5.74) is 0.